The first-order valence-corrected chi connectivity index (χ1v) is 8.42. The van der Waals surface area contributed by atoms with Crippen molar-refractivity contribution < 1.29 is 0 Å². The van der Waals surface area contributed by atoms with E-state index in [9.17, 15) is 0 Å². The molecule has 5 rings (SSSR count). The van der Waals surface area contributed by atoms with E-state index in [2.05, 4.69) is 4.57 Å². The molecule has 20 heavy (non-hydrogen) atoms. The lowest BCUT2D eigenvalue weighted by Gasteiger charge is -2.13. The summed E-state index contributed by atoms with van der Waals surface area (Å²) in [6, 6.07) is 6.59. The van der Waals surface area contributed by atoms with E-state index in [-0.39, 0.29) is 0 Å². The minimum atomic E-state index is 0.469. The third kappa shape index (κ3) is 1.35. The number of fused-ring (bicyclic) bond motifs is 6. The highest BCUT2D eigenvalue weighted by Crippen LogP contribution is 2.72. The first-order chi connectivity index (χ1) is 9.79. The Bertz CT molecular complexity index is 692. The fourth-order valence-corrected chi connectivity index (χ4v) is 5.64. The maximum Gasteiger partial charge on any atom is 0.125 e. The topological polar surface area (TPSA) is 17.8 Å². The summed E-state index contributed by atoms with van der Waals surface area (Å²) in [4.78, 5) is 4.70. The highest BCUT2D eigenvalue weighted by atomic mass is 35.5. The highest BCUT2D eigenvalue weighted by Gasteiger charge is 2.66. The monoisotopic (exact) mass is 306 g/mol. The van der Waals surface area contributed by atoms with Gasteiger partial charge >= 0.3 is 0 Å². The van der Waals surface area contributed by atoms with Crippen LogP contribution in [-0.4, -0.2) is 9.55 Å². The standard InChI is InChI=1S/C16H16Cl2N2/c17-7-12-19-11-3-1-2-10(18)15(11)20(12)16-13-8-4-5-9(6-8)14(13)16/h1-3,8-9,13-14,16H,4-7H2. The maximum atomic E-state index is 6.45. The van der Waals surface area contributed by atoms with Crippen molar-refractivity contribution in [2.75, 3.05) is 0 Å². The van der Waals surface area contributed by atoms with Gasteiger partial charge in [0, 0.05) is 6.04 Å². The molecular formula is C16H16Cl2N2. The molecule has 3 saturated carbocycles. The van der Waals surface area contributed by atoms with Gasteiger partial charge in [0.05, 0.1) is 21.9 Å². The Morgan fingerprint density at radius 1 is 1.20 bits per heavy atom. The van der Waals surface area contributed by atoms with E-state index in [0.29, 0.717) is 11.9 Å². The number of benzene rings is 1. The van der Waals surface area contributed by atoms with Crippen LogP contribution in [0.4, 0.5) is 0 Å². The number of aromatic nitrogens is 2. The molecule has 1 aromatic carbocycles. The quantitative estimate of drug-likeness (QED) is 0.739. The lowest BCUT2D eigenvalue weighted by molar-refractivity contribution is 0.454. The molecule has 3 aliphatic carbocycles. The summed E-state index contributed by atoms with van der Waals surface area (Å²) >= 11 is 12.6. The third-order valence-electron chi connectivity index (χ3n) is 5.85. The number of rotatable bonds is 2. The normalized spacial score (nSPS) is 37.6. The van der Waals surface area contributed by atoms with Crippen LogP contribution in [0, 0.1) is 23.7 Å². The molecule has 4 atom stereocenters. The van der Waals surface area contributed by atoms with Crippen LogP contribution in [0.1, 0.15) is 31.1 Å². The van der Waals surface area contributed by atoms with Gasteiger partial charge in [-0.2, -0.15) is 0 Å². The molecule has 3 aliphatic rings. The number of hydrogen-bond donors (Lipinski definition) is 0. The fraction of sp³-hybridized carbons (Fsp3) is 0.562. The Labute approximate surface area is 128 Å². The zero-order chi connectivity index (χ0) is 13.4. The first-order valence-electron chi connectivity index (χ1n) is 7.51. The molecular weight excluding hydrogens is 291 g/mol. The molecule has 0 N–H and O–H groups in total. The molecule has 0 spiro atoms. The number of halogens is 2. The summed E-state index contributed by atoms with van der Waals surface area (Å²) < 4.78 is 2.38. The van der Waals surface area contributed by atoms with Gasteiger partial charge in [0.2, 0.25) is 0 Å². The van der Waals surface area contributed by atoms with Crippen LogP contribution in [0.25, 0.3) is 11.0 Å². The summed E-state index contributed by atoms with van der Waals surface area (Å²) in [6.45, 7) is 0. The lowest BCUT2D eigenvalue weighted by atomic mass is 10.0. The second-order valence-electron chi connectivity index (χ2n) is 6.62. The van der Waals surface area contributed by atoms with Crippen molar-refractivity contribution in [1.82, 2.24) is 9.55 Å². The molecule has 2 aromatic rings. The summed E-state index contributed by atoms with van der Waals surface area (Å²) in [5.41, 5.74) is 2.09. The molecule has 2 bridgehead atoms. The Morgan fingerprint density at radius 3 is 2.65 bits per heavy atom. The number of nitrogens with zero attached hydrogens (tertiary/aromatic N) is 2. The Kier molecular flexibility index (Phi) is 2.33. The van der Waals surface area contributed by atoms with Gasteiger partial charge in [0.15, 0.2) is 0 Å². The van der Waals surface area contributed by atoms with E-state index in [1.807, 2.05) is 18.2 Å². The van der Waals surface area contributed by atoms with Gasteiger partial charge < -0.3 is 4.57 Å². The summed E-state index contributed by atoms with van der Waals surface area (Å²) in [5, 5.41) is 0.809. The van der Waals surface area contributed by atoms with Crippen molar-refractivity contribution >= 4 is 34.2 Å². The summed E-state index contributed by atoms with van der Waals surface area (Å²) in [5.74, 6) is 5.08. The minimum absolute atomic E-state index is 0.469. The molecule has 2 nitrogen and oxygen atoms in total. The minimum Gasteiger partial charge on any atom is -0.322 e. The molecule has 1 heterocycles. The van der Waals surface area contributed by atoms with Crippen LogP contribution in [-0.2, 0) is 5.88 Å². The molecule has 3 fully saturated rings. The summed E-state index contributed by atoms with van der Waals surface area (Å²) in [7, 11) is 0. The van der Waals surface area contributed by atoms with Crippen molar-refractivity contribution in [3.05, 3.63) is 29.0 Å². The Balaban J connectivity index is 1.69. The van der Waals surface area contributed by atoms with E-state index >= 15 is 0 Å². The molecule has 104 valence electrons. The van der Waals surface area contributed by atoms with Crippen LogP contribution < -0.4 is 0 Å². The highest BCUT2D eigenvalue weighted by molar-refractivity contribution is 6.35. The van der Waals surface area contributed by atoms with Crippen molar-refractivity contribution in [2.24, 2.45) is 23.7 Å². The van der Waals surface area contributed by atoms with Crippen molar-refractivity contribution in [1.29, 1.82) is 0 Å². The zero-order valence-electron chi connectivity index (χ0n) is 11.1. The number of para-hydroxylation sites is 1. The van der Waals surface area contributed by atoms with E-state index in [0.717, 1.165) is 45.6 Å². The second kappa shape index (κ2) is 3.92. The van der Waals surface area contributed by atoms with Gasteiger partial charge in [0.25, 0.3) is 0 Å². The molecule has 0 aliphatic heterocycles. The van der Waals surface area contributed by atoms with E-state index < -0.39 is 0 Å². The number of hydrogen-bond acceptors (Lipinski definition) is 1. The van der Waals surface area contributed by atoms with E-state index in [1.54, 1.807) is 0 Å². The molecule has 1 aromatic heterocycles. The molecule has 0 saturated heterocycles. The molecule has 4 heteroatoms. The van der Waals surface area contributed by atoms with Crippen LogP contribution in [0.5, 0.6) is 0 Å². The zero-order valence-corrected chi connectivity index (χ0v) is 12.6. The SMILES string of the molecule is ClCc1nc2cccc(Cl)c2n1C1C2C3CCC(C3)C21. The summed E-state index contributed by atoms with van der Waals surface area (Å²) in [6.07, 6.45) is 4.32. The van der Waals surface area contributed by atoms with Crippen molar-refractivity contribution in [2.45, 2.75) is 31.2 Å². The largest absolute Gasteiger partial charge is 0.322 e. The van der Waals surface area contributed by atoms with Crippen LogP contribution in [0.15, 0.2) is 18.2 Å². The van der Waals surface area contributed by atoms with Gasteiger partial charge in [-0.15, -0.1) is 11.6 Å². The third-order valence-corrected chi connectivity index (χ3v) is 6.39. The average Bonchev–Trinajstić information content (AvgIpc) is 2.82. The van der Waals surface area contributed by atoms with E-state index in [1.165, 1.54) is 19.3 Å². The number of alkyl halides is 1. The van der Waals surface area contributed by atoms with E-state index in [4.69, 9.17) is 28.2 Å². The van der Waals surface area contributed by atoms with Crippen molar-refractivity contribution in [3.8, 4) is 0 Å². The molecule has 0 amide bonds. The van der Waals surface area contributed by atoms with Gasteiger partial charge in [-0.25, -0.2) is 4.98 Å². The van der Waals surface area contributed by atoms with Gasteiger partial charge in [0.1, 0.15) is 5.82 Å². The van der Waals surface area contributed by atoms with Gasteiger partial charge in [-0.1, -0.05) is 17.7 Å². The molecule has 0 radical (unpaired) electrons. The second-order valence-corrected chi connectivity index (χ2v) is 7.29. The Morgan fingerprint density at radius 2 is 1.95 bits per heavy atom. The predicted molar refractivity (Wildman–Crippen MR) is 81.1 cm³/mol. The van der Waals surface area contributed by atoms with Crippen LogP contribution in [0.2, 0.25) is 5.02 Å². The van der Waals surface area contributed by atoms with Gasteiger partial charge in [-0.05, 0) is 55.1 Å². The smallest absolute Gasteiger partial charge is 0.125 e. The van der Waals surface area contributed by atoms with Gasteiger partial charge in [-0.3, -0.25) is 0 Å². The molecule has 4 unspecified atom stereocenters. The van der Waals surface area contributed by atoms with Crippen LogP contribution in [0.3, 0.4) is 0 Å². The Hall–Kier alpha value is -0.730. The maximum absolute atomic E-state index is 6.45. The fourth-order valence-electron chi connectivity index (χ4n) is 5.19. The van der Waals surface area contributed by atoms with Crippen LogP contribution >= 0.6 is 23.2 Å². The predicted octanol–water partition coefficient (Wildman–Crippen LogP) is 4.65. The first kappa shape index (κ1) is 11.9. The lowest BCUT2D eigenvalue weighted by Crippen LogP contribution is -2.08. The average molecular weight is 307 g/mol. The van der Waals surface area contributed by atoms with Crippen molar-refractivity contribution in [3.63, 3.8) is 0 Å². The number of imidazole rings is 1.